The maximum Gasteiger partial charge on any atom is 0.0604 e. The van der Waals surface area contributed by atoms with Crippen LogP contribution in [0.1, 0.15) is 20.3 Å². The van der Waals surface area contributed by atoms with Crippen LogP contribution >= 0.6 is 30.8 Å². The van der Waals surface area contributed by atoms with Gasteiger partial charge >= 0.3 is 0 Å². The number of hydrogen-bond donors (Lipinski definition) is 0. The highest BCUT2D eigenvalue weighted by Gasteiger charge is 2.29. The van der Waals surface area contributed by atoms with Gasteiger partial charge in [-0.2, -0.15) is 0 Å². The second-order valence-electron chi connectivity index (χ2n) is 4.81. The number of nitrogens with zero attached hydrogens (tertiary/aromatic N) is 1. The summed E-state index contributed by atoms with van der Waals surface area (Å²) in [6.07, 6.45) is 2.28. The Kier molecular flexibility index (Phi) is 4.82. The zero-order chi connectivity index (χ0) is 9.99. The van der Waals surface area contributed by atoms with E-state index in [9.17, 15) is 0 Å². The average Bonchev–Trinajstić information content (AvgIpc) is 1.82. The summed E-state index contributed by atoms with van der Waals surface area (Å²) in [6.45, 7) is 11.1. The van der Waals surface area contributed by atoms with Crippen LogP contribution in [-0.2, 0) is 0 Å². The van der Waals surface area contributed by atoms with Crippen molar-refractivity contribution in [3.8, 4) is 0 Å². The lowest BCUT2D eigenvalue weighted by atomic mass is 10.0. The van der Waals surface area contributed by atoms with Crippen LogP contribution in [0.3, 0.4) is 0 Å². The maximum atomic E-state index is 5.71. The molecule has 0 saturated carbocycles. The third kappa shape index (κ3) is 5.59. The van der Waals surface area contributed by atoms with Crippen LogP contribution in [-0.4, -0.2) is 35.6 Å². The first-order chi connectivity index (χ1) is 5.15. The second kappa shape index (κ2) is 4.46. The van der Waals surface area contributed by atoms with E-state index in [4.69, 9.17) is 23.6 Å². The molecule has 74 valence electrons. The van der Waals surface area contributed by atoms with E-state index in [1.54, 1.807) is 0 Å². The van der Waals surface area contributed by atoms with Crippen LogP contribution in [0, 0.1) is 0 Å². The summed E-state index contributed by atoms with van der Waals surface area (Å²) in [4.78, 5) is 0. The van der Waals surface area contributed by atoms with Gasteiger partial charge in [-0.1, -0.05) is 0 Å². The van der Waals surface area contributed by atoms with Crippen LogP contribution in [0.25, 0.3) is 0 Å². The molecule has 0 aliphatic rings. The maximum absolute atomic E-state index is 5.71. The van der Waals surface area contributed by atoms with E-state index in [1.165, 1.54) is 10.1 Å². The highest BCUT2D eigenvalue weighted by molar-refractivity contribution is 7.73. The van der Waals surface area contributed by atoms with E-state index in [-0.39, 0.29) is 5.54 Å². The Hall–Kier alpha value is 0.970. The zero-order valence-electron chi connectivity index (χ0n) is 8.56. The summed E-state index contributed by atoms with van der Waals surface area (Å²) in [7, 11) is -0.696. The summed E-state index contributed by atoms with van der Waals surface area (Å²) in [6, 6.07) is 0. The lowest BCUT2D eigenvalue weighted by Crippen LogP contribution is -2.32. The second-order valence-corrected chi connectivity index (χ2v) is 10.7. The molecule has 0 fully saturated rings. The zero-order valence-corrected chi connectivity index (χ0v) is 11.0. The van der Waals surface area contributed by atoms with Gasteiger partial charge in [0, 0.05) is 33.7 Å². The fraction of sp³-hybridized carbons (Fsp3) is 1.00. The molecule has 0 bridgehead atoms. The molecule has 0 aromatic heterocycles. The van der Waals surface area contributed by atoms with Crippen molar-refractivity contribution in [2.45, 2.75) is 25.8 Å². The lowest BCUT2D eigenvalue weighted by Gasteiger charge is -2.28. The smallest absolute Gasteiger partial charge is 0.0604 e. The van der Waals surface area contributed by atoms with Crippen LogP contribution < -0.4 is 0 Å². The number of rotatable bonds is 4. The van der Waals surface area contributed by atoms with Gasteiger partial charge in [0.2, 0.25) is 0 Å². The largest absolute Gasteiger partial charge is 0.126 e. The molecular weight excluding hydrogens is 212 g/mol. The molecule has 0 aliphatic carbocycles. The number of hydrogen-bond acceptors (Lipinski definition) is 1. The Morgan fingerprint density at radius 2 is 1.58 bits per heavy atom. The highest BCUT2D eigenvalue weighted by Crippen LogP contribution is 2.48. The number of halogens is 2. The Bertz CT molecular complexity index is 140. The molecule has 4 heteroatoms. The normalized spacial score (nSPS) is 14.0. The topological polar surface area (TPSA) is 3.24 Å². The highest BCUT2D eigenvalue weighted by atomic mass is 35.5. The average molecular weight is 231 g/mol. The molecule has 1 nitrogen and oxygen atoms in total. The molecule has 0 N–H and O–H groups in total. The molecule has 0 radical (unpaired) electrons. The van der Waals surface area contributed by atoms with Gasteiger partial charge in [0.15, 0.2) is 0 Å². The van der Waals surface area contributed by atoms with Crippen molar-refractivity contribution < 1.29 is 0 Å². The monoisotopic (exact) mass is 230 g/mol. The minimum Gasteiger partial charge on any atom is -0.126 e. The van der Waals surface area contributed by atoms with Gasteiger partial charge in [-0.05, 0) is 37.4 Å². The van der Waals surface area contributed by atoms with Crippen molar-refractivity contribution in [2.75, 3.05) is 26.2 Å². The molecule has 0 spiro atoms. The molecule has 0 unspecified atom stereocenters. The Balaban J connectivity index is 3.93. The predicted octanol–water partition coefficient (Wildman–Crippen LogP) is 3.67. The van der Waals surface area contributed by atoms with Gasteiger partial charge in [-0.3, -0.25) is 0 Å². The molecular formula is C8H19Cl2NP+. The van der Waals surface area contributed by atoms with Crippen LogP contribution in [0.4, 0.5) is 0 Å². The first-order valence-corrected chi connectivity index (χ1v) is 8.06. The molecule has 0 atom stereocenters. The quantitative estimate of drug-likeness (QED) is 0.527. The van der Waals surface area contributed by atoms with Gasteiger partial charge in [0.25, 0.3) is 0 Å². The molecule has 0 aromatic carbocycles. The van der Waals surface area contributed by atoms with Crippen molar-refractivity contribution in [3.05, 3.63) is 0 Å². The fourth-order valence-corrected chi connectivity index (χ4v) is 2.08. The van der Waals surface area contributed by atoms with E-state index >= 15 is 0 Å². The molecule has 0 saturated heterocycles. The van der Waals surface area contributed by atoms with E-state index in [0.717, 1.165) is 6.42 Å². The Labute approximate surface area is 87.0 Å². The lowest BCUT2D eigenvalue weighted by molar-refractivity contribution is 0.342. The molecule has 0 heterocycles. The van der Waals surface area contributed by atoms with Crippen molar-refractivity contribution in [1.29, 1.82) is 0 Å². The summed E-state index contributed by atoms with van der Waals surface area (Å²) in [5.41, 5.74) is -0.101. The first kappa shape index (κ1) is 13.0. The van der Waals surface area contributed by atoms with Crippen molar-refractivity contribution in [1.82, 2.24) is 3.94 Å². The standard InChI is InChI=1S/C8H19Cl2NP/c1-8(2,11(9)10)6-7-12(3,4)5/h6-7H2,1-5H3/q+1. The Morgan fingerprint density at radius 3 is 1.83 bits per heavy atom. The fourth-order valence-electron chi connectivity index (χ4n) is 0.694. The summed E-state index contributed by atoms with van der Waals surface area (Å²) in [5.74, 6) is 0. The van der Waals surface area contributed by atoms with Gasteiger partial charge in [0.05, 0.1) is 11.7 Å². The SMILES string of the molecule is CC(C)(CC[P+](C)(C)C)N(Cl)Cl. The first-order valence-electron chi connectivity index (χ1n) is 4.07. The van der Waals surface area contributed by atoms with Crippen LogP contribution in [0.15, 0.2) is 0 Å². The van der Waals surface area contributed by atoms with Crippen molar-refractivity contribution in [2.24, 2.45) is 0 Å². The third-order valence-corrected chi connectivity index (χ3v) is 4.33. The Morgan fingerprint density at radius 1 is 1.17 bits per heavy atom. The van der Waals surface area contributed by atoms with Gasteiger partial charge < -0.3 is 0 Å². The van der Waals surface area contributed by atoms with E-state index in [1.807, 2.05) is 0 Å². The molecule has 12 heavy (non-hydrogen) atoms. The van der Waals surface area contributed by atoms with Crippen molar-refractivity contribution in [3.63, 3.8) is 0 Å². The van der Waals surface area contributed by atoms with Crippen LogP contribution in [0.2, 0.25) is 0 Å². The van der Waals surface area contributed by atoms with Gasteiger partial charge in [-0.25, -0.2) is 0 Å². The molecule has 0 aliphatic heterocycles. The predicted molar refractivity (Wildman–Crippen MR) is 61.8 cm³/mol. The van der Waals surface area contributed by atoms with Crippen LogP contribution in [0.5, 0.6) is 0 Å². The molecule has 0 rings (SSSR count). The minimum absolute atomic E-state index is 0.101. The van der Waals surface area contributed by atoms with E-state index in [0.29, 0.717) is 0 Å². The summed E-state index contributed by atoms with van der Waals surface area (Å²) >= 11 is 11.4. The summed E-state index contributed by atoms with van der Waals surface area (Å²) < 4.78 is 1.27. The third-order valence-electron chi connectivity index (χ3n) is 1.85. The van der Waals surface area contributed by atoms with E-state index < -0.39 is 7.26 Å². The van der Waals surface area contributed by atoms with Gasteiger partial charge in [0.1, 0.15) is 0 Å². The molecule has 0 amide bonds. The minimum atomic E-state index is -0.696. The van der Waals surface area contributed by atoms with E-state index in [2.05, 4.69) is 33.8 Å². The van der Waals surface area contributed by atoms with Gasteiger partial charge in [-0.15, -0.1) is 3.94 Å². The summed E-state index contributed by atoms with van der Waals surface area (Å²) in [5, 5.41) is 0. The molecule has 0 aromatic rings. The van der Waals surface area contributed by atoms with Crippen molar-refractivity contribution >= 4 is 30.8 Å².